The Morgan fingerprint density at radius 1 is 1.00 bits per heavy atom. The first kappa shape index (κ1) is 20.7. The van der Waals surface area contributed by atoms with E-state index < -0.39 is 10.0 Å². The molecule has 0 unspecified atom stereocenters. The van der Waals surface area contributed by atoms with E-state index in [0.29, 0.717) is 0 Å². The molecule has 0 radical (unpaired) electrons. The van der Waals surface area contributed by atoms with Gasteiger partial charge in [0.15, 0.2) is 0 Å². The molecule has 0 amide bonds. The molecule has 28 heavy (non-hydrogen) atoms. The molecule has 0 bridgehead atoms. The molecule has 0 aliphatic heterocycles. The van der Waals surface area contributed by atoms with Gasteiger partial charge in [0.05, 0.1) is 10.6 Å². The highest BCUT2D eigenvalue weighted by molar-refractivity contribution is 7.89. The molecule has 1 heterocycles. The normalized spacial score (nSPS) is 12.3. The number of rotatable bonds is 5. The van der Waals surface area contributed by atoms with Crippen LogP contribution < -0.4 is 4.72 Å². The average Bonchev–Trinajstić information content (AvgIpc) is 3.00. The van der Waals surface area contributed by atoms with Gasteiger partial charge in [-0.1, -0.05) is 57.2 Å². The van der Waals surface area contributed by atoms with Crippen LogP contribution in [0.15, 0.2) is 53.4 Å². The Labute approximate surface area is 171 Å². The lowest BCUT2D eigenvalue weighted by molar-refractivity contribution is 0.578. The minimum absolute atomic E-state index is 0.0125. The summed E-state index contributed by atoms with van der Waals surface area (Å²) in [6, 6.07) is 15.2. The van der Waals surface area contributed by atoms with Crippen molar-refractivity contribution >= 4 is 21.4 Å². The van der Waals surface area contributed by atoms with Crippen molar-refractivity contribution in [1.82, 2.24) is 9.71 Å². The maximum Gasteiger partial charge on any atom is 0.240 e. The first-order valence-corrected chi connectivity index (χ1v) is 11.5. The summed E-state index contributed by atoms with van der Waals surface area (Å²) in [4.78, 5) is 5.84. The van der Waals surface area contributed by atoms with E-state index in [4.69, 9.17) is 0 Å². The molecule has 0 fully saturated rings. The van der Waals surface area contributed by atoms with Gasteiger partial charge in [-0.2, -0.15) is 0 Å². The van der Waals surface area contributed by atoms with Crippen LogP contribution >= 0.6 is 11.3 Å². The van der Waals surface area contributed by atoms with Gasteiger partial charge in [-0.25, -0.2) is 18.1 Å². The second kappa shape index (κ2) is 7.78. The zero-order chi connectivity index (χ0) is 20.5. The zero-order valence-corrected chi connectivity index (χ0v) is 18.5. The SMILES string of the molecule is Cc1ccccc1-c1nc(C)c(CNS(=O)(=O)c2ccc(C(C)(C)C)cc2)s1. The van der Waals surface area contributed by atoms with Crippen LogP contribution in [0.4, 0.5) is 0 Å². The number of hydrogen-bond donors (Lipinski definition) is 1. The van der Waals surface area contributed by atoms with Crippen molar-refractivity contribution in [3.8, 4) is 10.6 Å². The van der Waals surface area contributed by atoms with E-state index in [9.17, 15) is 8.42 Å². The van der Waals surface area contributed by atoms with E-state index in [0.717, 1.165) is 32.3 Å². The van der Waals surface area contributed by atoms with Gasteiger partial charge in [-0.3, -0.25) is 0 Å². The van der Waals surface area contributed by atoms with Crippen molar-refractivity contribution in [1.29, 1.82) is 0 Å². The molecule has 0 atom stereocenters. The van der Waals surface area contributed by atoms with Crippen molar-refractivity contribution in [2.45, 2.75) is 51.5 Å². The summed E-state index contributed by atoms with van der Waals surface area (Å²) in [5.74, 6) is 0. The lowest BCUT2D eigenvalue weighted by Gasteiger charge is -2.19. The summed E-state index contributed by atoms with van der Waals surface area (Å²) >= 11 is 1.53. The monoisotopic (exact) mass is 414 g/mol. The standard InChI is InChI=1S/C22H26N2O2S2/c1-15-8-6-7-9-19(15)21-24-16(2)20(27-21)14-23-28(25,26)18-12-10-17(11-13-18)22(3,4)5/h6-13,23H,14H2,1-5H3. The van der Waals surface area contributed by atoms with E-state index in [1.165, 1.54) is 11.3 Å². The summed E-state index contributed by atoms with van der Waals surface area (Å²) in [5, 5.41) is 0.916. The van der Waals surface area contributed by atoms with Gasteiger partial charge in [0.1, 0.15) is 5.01 Å². The van der Waals surface area contributed by atoms with Crippen LogP contribution in [0.3, 0.4) is 0 Å². The van der Waals surface area contributed by atoms with E-state index in [-0.39, 0.29) is 16.9 Å². The number of aromatic nitrogens is 1. The Kier molecular flexibility index (Phi) is 5.75. The molecule has 1 aromatic heterocycles. The molecule has 3 aromatic rings. The zero-order valence-electron chi connectivity index (χ0n) is 16.9. The number of thiazole rings is 1. The fraction of sp³-hybridized carbons (Fsp3) is 0.318. The van der Waals surface area contributed by atoms with Crippen LogP contribution in [0.5, 0.6) is 0 Å². The summed E-state index contributed by atoms with van der Waals surface area (Å²) in [7, 11) is -3.57. The number of sulfonamides is 1. The van der Waals surface area contributed by atoms with E-state index in [1.807, 2.05) is 37.3 Å². The maximum absolute atomic E-state index is 12.7. The lowest BCUT2D eigenvalue weighted by Crippen LogP contribution is -2.23. The first-order valence-electron chi connectivity index (χ1n) is 9.20. The number of benzene rings is 2. The van der Waals surface area contributed by atoms with Gasteiger partial charge in [0.2, 0.25) is 10.0 Å². The highest BCUT2D eigenvalue weighted by atomic mass is 32.2. The topological polar surface area (TPSA) is 59.1 Å². The van der Waals surface area contributed by atoms with Gasteiger partial charge >= 0.3 is 0 Å². The van der Waals surface area contributed by atoms with Crippen LogP contribution in [0.2, 0.25) is 0 Å². The maximum atomic E-state index is 12.7. The fourth-order valence-electron chi connectivity index (χ4n) is 2.90. The Morgan fingerprint density at radius 3 is 2.25 bits per heavy atom. The van der Waals surface area contributed by atoms with Crippen LogP contribution in [-0.2, 0) is 22.0 Å². The molecule has 0 spiro atoms. The Morgan fingerprint density at radius 2 is 1.64 bits per heavy atom. The molecular weight excluding hydrogens is 388 g/mol. The molecule has 0 aliphatic rings. The van der Waals surface area contributed by atoms with Crippen LogP contribution in [0, 0.1) is 13.8 Å². The van der Waals surface area contributed by atoms with Gasteiger partial charge < -0.3 is 0 Å². The summed E-state index contributed by atoms with van der Waals surface area (Å²) < 4.78 is 28.1. The van der Waals surface area contributed by atoms with Crippen molar-refractivity contribution in [2.75, 3.05) is 0 Å². The summed E-state index contributed by atoms with van der Waals surface area (Å²) in [5.41, 5.74) is 4.19. The molecule has 0 saturated heterocycles. The van der Waals surface area contributed by atoms with Gasteiger partial charge in [0, 0.05) is 17.0 Å². The number of nitrogens with zero attached hydrogens (tertiary/aromatic N) is 1. The fourth-order valence-corrected chi connectivity index (χ4v) is 5.08. The Bertz CT molecular complexity index is 1080. The molecule has 1 N–H and O–H groups in total. The molecule has 2 aromatic carbocycles. The summed E-state index contributed by atoms with van der Waals surface area (Å²) in [6.07, 6.45) is 0. The smallest absolute Gasteiger partial charge is 0.240 e. The highest BCUT2D eigenvalue weighted by Crippen LogP contribution is 2.30. The second-order valence-electron chi connectivity index (χ2n) is 7.94. The van der Waals surface area contributed by atoms with Crippen molar-refractivity contribution in [3.63, 3.8) is 0 Å². The number of nitrogens with one attached hydrogen (secondary N) is 1. The second-order valence-corrected chi connectivity index (χ2v) is 10.8. The highest BCUT2D eigenvalue weighted by Gasteiger charge is 2.19. The van der Waals surface area contributed by atoms with Gasteiger partial charge in [-0.05, 0) is 42.5 Å². The Balaban J connectivity index is 1.77. The number of aryl methyl sites for hydroxylation is 2. The van der Waals surface area contributed by atoms with Gasteiger partial charge in [-0.15, -0.1) is 11.3 Å². The van der Waals surface area contributed by atoms with E-state index >= 15 is 0 Å². The molecule has 148 valence electrons. The Hall–Kier alpha value is -2.02. The predicted molar refractivity (Wildman–Crippen MR) is 116 cm³/mol. The average molecular weight is 415 g/mol. The van der Waals surface area contributed by atoms with Crippen LogP contribution in [0.1, 0.15) is 42.5 Å². The van der Waals surface area contributed by atoms with Crippen LogP contribution in [-0.4, -0.2) is 13.4 Å². The van der Waals surface area contributed by atoms with Crippen molar-refractivity contribution in [3.05, 3.63) is 70.2 Å². The minimum Gasteiger partial charge on any atom is -0.241 e. The summed E-state index contributed by atoms with van der Waals surface area (Å²) in [6.45, 7) is 10.5. The van der Waals surface area contributed by atoms with E-state index in [1.54, 1.807) is 12.1 Å². The molecule has 6 heteroatoms. The van der Waals surface area contributed by atoms with Crippen molar-refractivity contribution in [2.24, 2.45) is 0 Å². The van der Waals surface area contributed by atoms with Gasteiger partial charge in [0.25, 0.3) is 0 Å². The third kappa shape index (κ3) is 4.51. The predicted octanol–water partition coefficient (Wildman–Crippen LogP) is 5.20. The first-order chi connectivity index (χ1) is 13.1. The third-order valence-electron chi connectivity index (χ3n) is 4.72. The molecule has 3 rings (SSSR count). The minimum atomic E-state index is -3.57. The quantitative estimate of drug-likeness (QED) is 0.624. The molecular formula is C22H26N2O2S2. The van der Waals surface area contributed by atoms with E-state index in [2.05, 4.69) is 43.5 Å². The molecule has 0 aliphatic carbocycles. The van der Waals surface area contributed by atoms with Crippen LogP contribution in [0.25, 0.3) is 10.6 Å². The molecule has 4 nitrogen and oxygen atoms in total. The largest absolute Gasteiger partial charge is 0.241 e. The number of hydrogen-bond acceptors (Lipinski definition) is 4. The lowest BCUT2D eigenvalue weighted by atomic mass is 9.87. The molecule has 0 saturated carbocycles. The third-order valence-corrected chi connectivity index (χ3v) is 7.33. The van der Waals surface area contributed by atoms with Crippen molar-refractivity contribution < 1.29 is 8.42 Å².